The van der Waals surface area contributed by atoms with E-state index >= 15 is 0 Å². The molecule has 0 aliphatic carbocycles. The molecule has 1 fully saturated rings. The predicted octanol–water partition coefficient (Wildman–Crippen LogP) is 4.11. The average molecular weight is 426 g/mol. The van der Waals surface area contributed by atoms with Gasteiger partial charge in [0.15, 0.2) is 0 Å². The van der Waals surface area contributed by atoms with Gasteiger partial charge in [0.2, 0.25) is 0 Å². The summed E-state index contributed by atoms with van der Waals surface area (Å²) in [6.07, 6.45) is -4.97. The highest BCUT2D eigenvalue weighted by atomic mass is 35.5. The molecule has 1 saturated heterocycles. The van der Waals surface area contributed by atoms with Crippen LogP contribution in [0, 0.1) is 6.92 Å². The van der Waals surface area contributed by atoms with Crippen LogP contribution < -0.4 is 10.2 Å². The maximum absolute atomic E-state index is 12.7. The molecule has 9 heteroatoms. The highest BCUT2D eigenvalue weighted by Crippen LogP contribution is 2.30. The lowest BCUT2D eigenvalue weighted by Gasteiger charge is -2.36. The van der Waals surface area contributed by atoms with Gasteiger partial charge < -0.3 is 15.1 Å². The quantitative estimate of drug-likeness (QED) is 0.805. The third-order valence-electron chi connectivity index (χ3n) is 4.75. The van der Waals surface area contributed by atoms with Gasteiger partial charge in [0.05, 0.1) is 10.7 Å². The SMILES string of the molecule is Cc1ccccc1C(=O)N1CCN(c2ccc(NC(=O)C(F)(F)F)cc2Cl)CC1. The molecule has 2 aromatic carbocycles. The lowest BCUT2D eigenvalue weighted by Crippen LogP contribution is -2.49. The van der Waals surface area contributed by atoms with Crippen molar-refractivity contribution in [2.75, 3.05) is 36.4 Å². The summed E-state index contributed by atoms with van der Waals surface area (Å²) in [4.78, 5) is 27.5. The van der Waals surface area contributed by atoms with Crippen LogP contribution >= 0.6 is 11.6 Å². The number of aryl methyl sites for hydroxylation is 1. The first-order chi connectivity index (χ1) is 13.7. The Morgan fingerprint density at radius 1 is 1.03 bits per heavy atom. The van der Waals surface area contributed by atoms with Crippen molar-refractivity contribution in [3.05, 3.63) is 58.6 Å². The number of carbonyl (C=O) groups excluding carboxylic acids is 2. The number of nitrogens with one attached hydrogen (secondary N) is 1. The summed E-state index contributed by atoms with van der Waals surface area (Å²) < 4.78 is 37.1. The fourth-order valence-electron chi connectivity index (χ4n) is 3.18. The molecule has 1 N–H and O–H groups in total. The number of nitrogens with zero attached hydrogens (tertiary/aromatic N) is 2. The second-order valence-corrected chi connectivity index (χ2v) is 7.12. The molecule has 0 aromatic heterocycles. The van der Waals surface area contributed by atoms with Crippen LogP contribution in [0.5, 0.6) is 0 Å². The number of hydrogen-bond acceptors (Lipinski definition) is 3. The van der Waals surface area contributed by atoms with E-state index in [4.69, 9.17) is 11.6 Å². The molecule has 29 heavy (non-hydrogen) atoms. The third kappa shape index (κ3) is 4.82. The van der Waals surface area contributed by atoms with E-state index in [0.29, 0.717) is 37.4 Å². The lowest BCUT2D eigenvalue weighted by molar-refractivity contribution is -0.167. The Hall–Kier alpha value is -2.74. The molecule has 2 amide bonds. The molecule has 0 saturated carbocycles. The first-order valence-corrected chi connectivity index (χ1v) is 9.32. The summed E-state index contributed by atoms with van der Waals surface area (Å²) >= 11 is 6.22. The van der Waals surface area contributed by atoms with Gasteiger partial charge in [0.25, 0.3) is 5.91 Å². The zero-order valence-corrected chi connectivity index (χ0v) is 16.3. The van der Waals surface area contributed by atoms with Crippen molar-refractivity contribution >= 4 is 34.8 Å². The van der Waals surface area contributed by atoms with E-state index in [1.165, 1.54) is 12.1 Å². The number of piperazine rings is 1. The molecule has 1 aliphatic heterocycles. The van der Waals surface area contributed by atoms with E-state index in [1.807, 2.05) is 30.0 Å². The van der Waals surface area contributed by atoms with Gasteiger partial charge in [0, 0.05) is 37.4 Å². The standard InChI is InChI=1S/C20H19ClF3N3O2/c1-13-4-2-3-5-15(13)18(28)27-10-8-26(9-11-27)17-7-6-14(12-16(17)21)25-19(29)20(22,23)24/h2-7,12H,8-11H2,1H3,(H,25,29). The number of alkyl halides is 3. The average Bonchev–Trinajstić information content (AvgIpc) is 2.67. The summed E-state index contributed by atoms with van der Waals surface area (Å²) in [5.41, 5.74) is 2.19. The minimum atomic E-state index is -4.97. The Balaban J connectivity index is 1.64. The zero-order valence-electron chi connectivity index (χ0n) is 15.6. The Morgan fingerprint density at radius 3 is 2.28 bits per heavy atom. The predicted molar refractivity (Wildman–Crippen MR) is 105 cm³/mol. The Morgan fingerprint density at radius 2 is 1.69 bits per heavy atom. The molecule has 0 bridgehead atoms. The van der Waals surface area contributed by atoms with Gasteiger partial charge >= 0.3 is 12.1 Å². The van der Waals surface area contributed by atoms with Crippen molar-refractivity contribution in [2.24, 2.45) is 0 Å². The Kier molecular flexibility index (Phi) is 6.02. The zero-order chi connectivity index (χ0) is 21.2. The van der Waals surface area contributed by atoms with E-state index in [9.17, 15) is 22.8 Å². The molecule has 5 nitrogen and oxygen atoms in total. The topological polar surface area (TPSA) is 52.7 Å². The van der Waals surface area contributed by atoms with E-state index < -0.39 is 12.1 Å². The molecule has 2 aromatic rings. The number of benzene rings is 2. The fourth-order valence-corrected chi connectivity index (χ4v) is 3.48. The van der Waals surface area contributed by atoms with E-state index in [1.54, 1.807) is 22.3 Å². The van der Waals surface area contributed by atoms with Crippen LogP contribution in [0.2, 0.25) is 5.02 Å². The Labute approximate surface area is 171 Å². The molecule has 0 unspecified atom stereocenters. The van der Waals surface area contributed by atoms with Gasteiger partial charge in [-0.15, -0.1) is 0 Å². The third-order valence-corrected chi connectivity index (χ3v) is 5.05. The van der Waals surface area contributed by atoms with Crippen molar-refractivity contribution in [3.8, 4) is 0 Å². The van der Waals surface area contributed by atoms with Gasteiger partial charge in [-0.1, -0.05) is 29.8 Å². The molecule has 3 rings (SSSR count). The number of amides is 2. The molecular formula is C20H19ClF3N3O2. The van der Waals surface area contributed by atoms with Gasteiger partial charge in [-0.3, -0.25) is 9.59 Å². The van der Waals surface area contributed by atoms with Gasteiger partial charge in [-0.05, 0) is 36.8 Å². The molecule has 0 atom stereocenters. The van der Waals surface area contributed by atoms with Crippen LogP contribution in [0.15, 0.2) is 42.5 Å². The van der Waals surface area contributed by atoms with E-state index in [0.717, 1.165) is 5.56 Å². The number of anilines is 2. The van der Waals surface area contributed by atoms with Crippen LogP contribution in [-0.4, -0.2) is 49.1 Å². The van der Waals surface area contributed by atoms with Crippen molar-refractivity contribution in [2.45, 2.75) is 13.1 Å². The normalized spacial score (nSPS) is 14.7. The molecular weight excluding hydrogens is 407 g/mol. The van der Waals surface area contributed by atoms with Crippen LogP contribution in [0.1, 0.15) is 15.9 Å². The molecule has 1 aliphatic rings. The molecule has 1 heterocycles. The first kappa shape index (κ1) is 21.0. The molecule has 0 spiro atoms. The van der Waals surface area contributed by atoms with Crippen molar-refractivity contribution in [1.29, 1.82) is 0 Å². The first-order valence-electron chi connectivity index (χ1n) is 8.94. The summed E-state index contributed by atoms with van der Waals surface area (Å²) in [5, 5.41) is 2.00. The summed E-state index contributed by atoms with van der Waals surface area (Å²) in [6, 6.07) is 11.6. The van der Waals surface area contributed by atoms with Crippen LogP contribution in [0.4, 0.5) is 24.5 Å². The molecule has 0 radical (unpaired) electrons. The van der Waals surface area contributed by atoms with Gasteiger partial charge in [-0.25, -0.2) is 0 Å². The maximum Gasteiger partial charge on any atom is 0.471 e. The highest BCUT2D eigenvalue weighted by molar-refractivity contribution is 6.33. The van der Waals surface area contributed by atoms with Crippen LogP contribution in [-0.2, 0) is 4.79 Å². The highest BCUT2D eigenvalue weighted by Gasteiger charge is 2.38. The van der Waals surface area contributed by atoms with Crippen LogP contribution in [0.3, 0.4) is 0 Å². The number of carbonyl (C=O) groups is 2. The van der Waals surface area contributed by atoms with E-state index in [2.05, 4.69) is 0 Å². The second kappa shape index (κ2) is 8.32. The van der Waals surface area contributed by atoms with E-state index in [-0.39, 0.29) is 16.6 Å². The summed E-state index contributed by atoms with van der Waals surface area (Å²) in [7, 11) is 0. The minimum Gasteiger partial charge on any atom is -0.367 e. The minimum absolute atomic E-state index is 0.0287. The number of rotatable bonds is 3. The fraction of sp³-hybridized carbons (Fsp3) is 0.300. The maximum atomic E-state index is 12.7. The lowest BCUT2D eigenvalue weighted by atomic mass is 10.1. The van der Waals surface area contributed by atoms with Crippen LogP contribution in [0.25, 0.3) is 0 Å². The molecule has 154 valence electrons. The van der Waals surface area contributed by atoms with Gasteiger partial charge in [0.1, 0.15) is 0 Å². The second-order valence-electron chi connectivity index (χ2n) is 6.71. The van der Waals surface area contributed by atoms with Crippen molar-refractivity contribution < 1.29 is 22.8 Å². The largest absolute Gasteiger partial charge is 0.471 e. The van der Waals surface area contributed by atoms with Gasteiger partial charge in [-0.2, -0.15) is 13.2 Å². The summed E-state index contributed by atoms with van der Waals surface area (Å²) in [6.45, 7) is 3.95. The smallest absolute Gasteiger partial charge is 0.367 e. The Bertz CT molecular complexity index is 925. The summed E-state index contributed by atoms with van der Waals surface area (Å²) in [5.74, 6) is -2.08. The number of hydrogen-bond donors (Lipinski definition) is 1. The number of halogens is 4. The van der Waals surface area contributed by atoms with Crippen molar-refractivity contribution in [1.82, 2.24) is 4.90 Å². The monoisotopic (exact) mass is 425 g/mol. The van der Waals surface area contributed by atoms with Crippen molar-refractivity contribution in [3.63, 3.8) is 0 Å².